The fourth-order valence-corrected chi connectivity index (χ4v) is 2.09. The second-order valence-electron chi connectivity index (χ2n) is 5.22. The van der Waals surface area contributed by atoms with Crippen molar-refractivity contribution in [2.45, 2.75) is 25.6 Å². The third-order valence-corrected chi connectivity index (χ3v) is 3.24. The van der Waals surface area contributed by atoms with Gasteiger partial charge in [0.05, 0.1) is 18.8 Å². The molecule has 2 aromatic rings. The van der Waals surface area contributed by atoms with Crippen LogP contribution in [0.25, 0.3) is 0 Å². The van der Waals surface area contributed by atoms with E-state index in [0.29, 0.717) is 19.7 Å². The van der Waals surface area contributed by atoms with Crippen molar-refractivity contribution in [3.8, 4) is 0 Å². The fourth-order valence-electron chi connectivity index (χ4n) is 2.09. The molecule has 0 aliphatic heterocycles. The third kappa shape index (κ3) is 4.63. The van der Waals surface area contributed by atoms with Crippen molar-refractivity contribution in [2.75, 3.05) is 20.3 Å². The van der Waals surface area contributed by atoms with E-state index in [2.05, 4.69) is 15.6 Å². The van der Waals surface area contributed by atoms with Crippen molar-refractivity contribution < 1.29 is 9.84 Å². The number of nitrogens with zero attached hydrogens (tertiary/aromatic N) is 3. The van der Waals surface area contributed by atoms with Crippen LogP contribution in [0, 0.1) is 0 Å². The van der Waals surface area contributed by atoms with E-state index in [9.17, 15) is 5.11 Å². The Morgan fingerprint density at radius 1 is 1.33 bits per heavy atom. The van der Waals surface area contributed by atoms with Gasteiger partial charge in [-0.25, -0.2) is 4.68 Å². The van der Waals surface area contributed by atoms with Crippen LogP contribution in [-0.4, -0.2) is 40.4 Å². The summed E-state index contributed by atoms with van der Waals surface area (Å²) in [5, 5.41) is 21.9. The molecule has 1 heterocycles. The van der Waals surface area contributed by atoms with Gasteiger partial charge in [-0.15, -0.1) is 5.10 Å². The van der Waals surface area contributed by atoms with Gasteiger partial charge in [0.1, 0.15) is 5.60 Å². The Bertz CT molecular complexity index is 540. The topological polar surface area (TPSA) is 72.2 Å². The lowest BCUT2D eigenvalue weighted by Crippen LogP contribution is -2.28. The van der Waals surface area contributed by atoms with E-state index in [1.807, 2.05) is 36.5 Å². The lowest BCUT2D eigenvalue weighted by molar-refractivity contribution is 0.0341. The molecule has 0 saturated heterocycles. The third-order valence-electron chi connectivity index (χ3n) is 3.24. The first-order valence-electron chi connectivity index (χ1n) is 6.98. The quantitative estimate of drug-likeness (QED) is 0.707. The van der Waals surface area contributed by atoms with E-state index in [1.54, 1.807) is 18.7 Å². The highest BCUT2D eigenvalue weighted by atomic mass is 16.5. The molecule has 2 N–H and O–H groups in total. The van der Waals surface area contributed by atoms with Gasteiger partial charge in [0.15, 0.2) is 0 Å². The molecule has 1 aromatic carbocycles. The molecule has 1 unspecified atom stereocenters. The van der Waals surface area contributed by atoms with Gasteiger partial charge < -0.3 is 15.2 Å². The molecule has 0 aliphatic carbocycles. The second-order valence-corrected chi connectivity index (χ2v) is 5.22. The molecule has 0 spiro atoms. The van der Waals surface area contributed by atoms with Crippen LogP contribution in [0.1, 0.15) is 18.2 Å². The Morgan fingerprint density at radius 3 is 2.81 bits per heavy atom. The van der Waals surface area contributed by atoms with Gasteiger partial charge in [0.25, 0.3) is 0 Å². The van der Waals surface area contributed by atoms with Crippen LogP contribution in [-0.2, 0) is 23.4 Å². The Morgan fingerprint density at radius 2 is 2.10 bits per heavy atom. The molecule has 1 aromatic heterocycles. The van der Waals surface area contributed by atoms with Crippen LogP contribution >= 0.6 is 0 Å². The lowest BCUT2D eigenvalue weighted by Gasteiger charge is -2.23. The summed E-state index contributed by atoms with van der Waals surface area (Å²) in [7, 11) is 1.67. The van der Waals surface area contributed by atoms with Crippen LogP contribution in [0.4, 0.5) is 0 Å². The maximum absolute atomic E-state index is 10.6. The molecule has 114 valence electrons. The molecule has 0 bridgehead atoms. The number of aromatic nitrogens is 3. The largest absolute Gasteiger partial charge is 0.384 e. The monoisotopic (exact) mass is 290 g/mol. The first-order valence-corrected chi connectivity index (χ1v) is 6.98. The van der Waals surface area contributed by atoms with Crippen LogP contribution in [0.5, 0.6) is 0 Å². The lowest BCUT2D eigenvalue weighted by atomic mass is 9.96. The molecule has 6 nitrogen and oxygen atoms in total. The van der Waals surface area contributed by atoms with Crippen LogP contribution in [0.3, 0.4) is 0 Å². The minimum absolute atomic E-state index is 0.363. The molecule has 0 aliphatic rings. The number of methoxy groups -OCH3 is 1. The van der Waals surface area contributed by atoms with E-state index in [1.165, 1.54) is 0 Å². The van der Waals surface area contributed by atoms with Gasteiger partial charge in [0, 0.05) is 26.4 Å². The van der Waals surface area contributed by atoms with Gasteiger partial charge in [0.2, 0.25) is 0 Å². The zero-order valence-electron chi connectivity index (χ0n) is 12.5. The maximum Gasteiger partial charge on any atom is 0.106 e. The van der Waals surface area contributed by atoms with Gasteiger partial charge in [-0.05, 0) is 12.5 Å². The summed E-state index contributed by atoms with van der Waals surface area (Å²) in [6.45, 7) is 4.21. The molecule has 0 radical (unpaired) electrons. The number of hydrogen-bond acceptors (Lipinski definition) is 5. The highest BCUT2D eigenvalue weighted by Gasteiger charge is 2.24. The van der Waals surface area contributed by atoms with Crippen molar-refractivity contribution in [1.29, 1.82) is 0 Å². The Hall–Kier alpha value is -1.76. The molecule has 21 heavy (non-hydrogen) atoms. The molecule has 6 heteroatoms. The number of ether oxygens (including phenoxy) is 1. The number of nitrogens with one attached hydrogen (secondary N) is 1. The number of rotatable bonds is 8. The first kappa shape index (κ1) is 15.6. The normalized spacial score (nSPS) is 14.0. The summed E-state index contributed by atoms with van der Waals surface area (Å²) >= 11 is 0. The second kappa shape index (κ2) is 7.31. The molecule has 0 fully saturated rings. The molecule has 0 saturated carbocycles. The summed E-state index contributed by atoms with van der Waals surface area (Å²) in [6, 6.07) is 9.57. The first-order chi connectivity index (χ1) is 10.1. The summed E-state index contributed by atoms with van der Waals surface area (Å²) in [4.78, 5) is 0. The van der Waals surface area contributed by atoms with E-state index >= 15 is 0 Å². The van der Waals surface area contributed by atoms with Crippen molar-refractivity contribution in [1.82, 2.24) is 20.3 Å². The van der Waals surface area contributed by atoms with Gasteiger partial charge >= 0.3 is 0 Å². The SMILES string of the molecule is COCCNCc1cn(CC(C)(O)c2ccccc2)nn1. The minimum Gasteiger partial charge on any atom is -0.384 e. The van der Waals surface area contributed by atoms with E-state index in [0.717, 1.165) is 17.8 Å². The van der Waals surface area contributed by atoms with Crippen LogP contribution in [0.2, 0.25) is 0 Å². The minimum atomic E-state index is -0.976. The average Bonchev–Trinajstić information content (AvgIpc) is 2.91. The number of hydrogen-bond donors (Lipinski definition) is 2. The van der Waals surface area contributed by atoms with Crippen molar-refractivity contribution in [3.63, 3.8) is 0 Å². The zero-order chi connectivity index (χ0) is 15.1. The van der Waals surface area contributed by atoms with Crippen molar-refractivity contribution in [2.24, 2.45) is 0 Å². The Kier molecular flexibility index (Phi) is 5.44. The summed E-state index contributed by atoms with van der Waals surface area (Å²) in [5.74, 6) is 0. The highest BCUT2D eigenvalue weighted by Crippen LogP contribution is 2.21. The molecular weight excluding hydrogens is 268 g/mol. The van der Waals surface area contributed by atoms with Crippen LogP contribution in [0.15, 0.2) is 36.5 Å². The molecular formula is C15H22N4O2. The predicted octanol–water partition coefficient (Wildman–Crippen LogP) is 0.922. The zero-order valence-corrected chi connectivity index (χ0v) is 12.5. The number of benzene rings is 1. The van der Waals surface area contributed by atoms with Crippen LogP contribution < -0.4 is 5.32 Å². The fraction of sp³-hybridized carbons (Fsp3) is 0.467. The standard InChI is InChI=1S/C15H22N4O2/c1-15(20,13-6-4-3-5-7-13)12-19-11-14(17-18-19)10-16-8-9-21-2/h3-7,11,16,20H,8-10,12H2,1-2H3. The highest BCUT2D eigenvalue weighted by molar-refractivity contribution is 5.21. The smallest absolute Gasteiger partial charge is 0.106 e. The average molecular weight is 290 g/mol. The summed E-state index contributed by atoms with van der Waals surface area (Å²) < 4.78 is 6.63. The van der Waals surface area contributed by atoms with Gasteiger partial charge in [-0.1, -0.05) is 35.5 Å². The summed E-state index contributed by atoms with van der Waals surface area (Å²) in [6.07, 6.45) is 1.84. The molecule has 2 rings (SSSR count). The maximum atomic E-state index is 10.6. The van der Waals surface area contributed by atoms with E-state index < -0.39 is 5.60 Å². The summed E-state index contributed by atoms with van der Waals surface area (Å²) in [5.41, 5.74) is 0.727. The molecule has 1 atom stereocenters. The Labute approximate surface area is 124 Å². The van der Waals surface area contributed by atoms with Crippen molar-refractivity contribution in [3.05, 3.63) is 47.8 Å². The van der Waals surface area contributed by atoms with E-state index in [-0.39, 0.29) is 0 Å². The predicted molar refractivity (Wildman–Crippen MR) is 79.6 cm³/mol. The van der Waals surface area contributed by atoms with Gasteiger partial charge in [-0.3, -0.25) is 0 Å². The van der Waals surface area contributed by atoms with Crippen molar-refractivity contribution >= 4 is 0 Å². The number of aliphatic hydroxyl groups is 1. The molecule has 0 amide bonds. The Balaban J connectivity index is 1.92. The van der Waals surface area contributed by atoms with E-state index in [4.69, 9.17) is 4.74 Å². The van der Waals surface area contributed by atoms with Gasteiger partial charge in [-0.2, -0.15) is 0 Å².